The van der Waals surface area contributed by atoms with Crippen LogP contribution in [0, 0.1) is 13.8 Å². The number of nitrogens with zero attached hydrogens (tertiary/aromatic N) is 4. The van der Waals surface area contributed by atoms with Crippen molar-refractivity contribution in [3.63, 3.8) is 0 Å². The third-order valence-corrected chi connectivity index (χ3v) is 6.14. The van der Waals surface area contributed by atoms with Gasteiger partial charge in [-0.3, -0.25) is 4.90 Å². The summed E-state index contributed by atoms with van der Waals surface area (Å²) in [6, 6.07) is 11.5. The summed E-state index contributed by atoms with van der Waals surface area (Å²) in [5.74, 6) is 0. The van der Waals surface area contributed by atoms with E-state index in [0.29, 0.717) is 0 Å². The van der Waals surface area contributed by atoms with Gasteiger partial charge in [-0.2, -0.15) is 0 Å². The Labute approximate surface area is 154 Å². The van der Waals surface area contributed by atoms with Gasteiger partial charge in [0.2, 0.25) is 0 Å². The lowest BCUT2D eigenvalue weighted by Gasteiger charge is -2.45. The molecule has 0 aliphatic carbocycles. The molecule has 0 N–H and O–H groups in total. The van der Waals surface area contributed by atoms with Crippen molar-refractivity contribution in [1.82, 2.24) is 14.9 Å². The van der Waals surface area contributed by atoms with Crippen molar-refractivity contribution in [2.24, 2.45) is 0 Å². The Morgan fingerprint density at radius 1 is 1.00 bits per heavy atom. The second-order valence-corrected chi connectivity index (χ2v) is 8.14. The smallest absolute Gasteiger partial charge is 0.192 e. The van der Waals surface area contributed by atoms with Gasteiger partial charge in [0.25, 0.3) is 0 Å². The van der Waals surface area contributed by atoms with Crippen LogP contribution in [0.15, 0.2) is 40.4 Å². The van der Waals surface area contributed by atoms with E-state index in [1.165, 1.54) is 42.9 Å². The van der Waals surface area contributed by atoms with E-state index >= 15 is 0 Å². The summed E-state index contributed by atoms with van der Waals surface area (Å²) >= 11 is 1.69. The number of para-hydroxylation sites is 1. The second-order valence-electron chi connectivity index (χ2n) is 7.13. The molecule has 0 bridgehead atoms. The number of hydrogen-bond donors (Lipinski definition) is 0. The normalized spacial score (nSPS) is 21.2. The molecule has 25 heavy (non-hydrogen) atoms. The van der Waals surface area contributed by atoms with Crippen molar-refractivity contribution in [2.45, 2.75) is 49.2 Å². The molecule has 0 amide bonds. The van der Waals surface area contributed by atoms with Crippen molar-refractivity contribution in [2.75, 3.05) is 31.1 Å². The molecule has 2 fully saturated rings. The molecule has 2 aromatic rings. The summed E-state index contributed by atoms with van der Waals surface area (Å²) in [5.41, 5.74) is 3.40. The minimum absolute atomic E-state index is 0.720. The van der Waals surface area contributed by atoms with Gasteiger partial charge in [0.15, 0.2) is 5.16 Å². The predicted octanol–water partition coefficient (Wildman–Crippen LogP) is 3.92. The molecule has 0 radical (unpaired) electrons. The van der Waals surface area contributed by atoms with Crippen LogP contribution in [0.5, 0.6) is 0 Å². The maximum absolute atomic E-state index is 4.61. The molecular weight excluding hydrogens is 328 g/mol. The summed E-state index contributed by atoms with van der Waals surface area (Å²) in [7, 11) is 0. The molecule has 5 heteroatoms. The molecule has 2 aliphatic heterocycles. The highest BCUT2D eigenvalue weighted by molar-refractivity contribution is 7.99. The largest absolute Gasteiger partial charge is 0.368 e. The van der Waals surface area contributed by atoms with Crippen molar-refractivity contribution in [3.8, 4) is 0 Å². The Bertz CT molecular complexity index is 728. The van der Waals surface area contributed by atoms with Gasteiger partial charge in [-0.25, -0.2) is 9.97 Å². The van der Waals surface area contributed by atoms with Gasteiger partial charge in [0, 0.05) is 42.0 Å². The number of piperidine rings is 1. The number of anilines is 1. The Hall–Kier alpha value is -1.59. The fraction of sp³-hybridized carbons (Fsp3) is 0.500. The Morgan fingerprint density at radius 3 is 2.64 bits per heavy atom. The van der Waals surface area contributed by atoms with E-state index in [1.807, 2.05) is 19.9 Å². The van der Waals surface area contributed by atoms with Gasteiger partial charge in [0.1, 0.15) is 0 Å². The summed E-state index contributed by atoms with van der Waals surface area (Å²) in [4.78, 5) is 15.7. The third kappa shape index (κ3) is 3.82. The van der Waals surface area contributed by atoms with Crippen LogP contribution in [0.2, 0.25) is 0 Å². The van der Waals surface area contributed by atoms with Crippen LogP contribution in [0.25, 0.3) is 0 Å². The fourth-order valence-electron chi connectivity index (χ4n) is 4.02. The SMILES string of the molecule is Cc1cc(C)nc(Sc2ccccc2N2CCN3CCCCC3C2)n1. The first-order chi connectivity index (χ1) is 12.2. The maximum Gasteiger partial charge on any atom is 0.192 e. The first kappa shape index (κ1) is 16.9. The molecular formula is C20H26N4S. The Kier molecular flexibility index (Phi) is 4.95. The van der Waals surface area contributed by atoms with Crippen molar-refractivity contribution >= 4 is 17.4 Å². The number of benzene rings is 1. The minimum Gasteiger partial charge on any atom is -0.368 e. The molecule has 1 unspecified atom stereocenters. The quantitative estimate of drug-likeness (QED) is 0.780. The van der Waals surface area contributed by atoms with Crippen LogP contribution in [-0.4, -0.2) is 47.1 Å². The van der Waals surface area contributed by atoms with E-state index in [4.69, 9.17) is 0 Å². The zero-order chi connectivity index (χ0) is 17.2. The molecule has 1 atom stereocenters. The highest BCUT2D eigenvalue weighted by atomic mass is 32.2. The Balaban J connectivity index is 1.56. The summed E-state index contributed by atoms with van der Waals surface area (Å²) in [6.07, 6.45) is 4.08. The molecule has 4 nitrogen and oxygen atoms in total. The fourth-order valence-corrected chi connectivity index (χ4v) is 5.04. The topological polar surface area (TPSA) is 32.3 Å². The second kappa shape index (κ2) is 7.34. The highest BCUT2D eigenvalue weighted by Gasteiger charge is 2.29. The summed E-state index contributed by atoms with van der Waals surface area (Å²) in [6.45, 7) is 8.79. The van der Waals surface area contributed by atoms with Crippen LogP contribution in [-0.2, 0) is 0 Å². The number of aromatic nitrogens is 2. The van der Waals surface area contributed by atoms with Gasteiger partial charge in [0.05, 0.1) is 5.69 Å². The molecule has 4 rings (SSSR count). The predicted molar refractivity (Wildman–Crippen MR) is 103 cm³/mol. The van der Waals surface area contributed by atoms with Gasteiger partial charge in [-0.05, 0) is 63.2 Å². The van der Waals surface area contributed by atoms with Gasteiger partial charge < -0.3 is 4.90 Å². The molecule has 0 spiro atoms. The first-order valence-electron chi connectivity index (χ1n) is 9.27. The number of rotatable bonds is 3. The summed E-state index contributed by atoms with van der Waals surface area (Å²) in [5, 5.41) is 0.848. The molecule has 2 saturated heterocycles. The zero-order valence-electron chi connectivity index (χ0n) is 15.1. The van der Waals surface area contributed by atoms with Crippen LogP contribution in [0.3, 0.4) is 0 Å². The van der Waals surface area contributed by atoms with Gasteiger partial charge in [-0.1, -0.05) is 18.6 Å². The van der Waals surface area contributed by atoms with Gasteiger partial charge >= 0.3 is 0 Å². The number of fused-ring (bicyclic) bond motifs is 1. The monoisotopic (exact) mass is 354 g/mol. The molecule has 0 saturated carbocycles. The molecule has 1 aromatic heterocycles. The third-order valence-electron chi connectivity index (χ3n) is 5.21. The minimum atomic E-state index is 0.720. The van der Waals surface area contributed by atoms with Crippen molar-refractivity contribution in [3.05, 3.63) is 41.7 Å². The van der Waals surface area contributed by atoms with Gasteiger partial charge in [-0.15, -0.1) is 0 Å². The first-order valence-corrected chi connectivity index (χ1v) is 10.1. The summed E-state index contributed by atoms with van der Waals surface area (Å²) < 4.78 is 0. The van der Waals surface area contributed by atoms with E-state index < -0.39 is 0 Å². The van der Waals surface area contributed by atoms with Crippen LogP contribution in [0.1, 0.15) is 30.7 Å². The molecule has 132 valence electrons. The maximum atomic E-state index is 4.61. The molecule has 3 heterocycles. The van der Waals surface area contributed by atoms with E-state index in [2.05, 4.69) is 44.0 Å². The van der Waals surface area contributed by atoms with E-state index in [9.17, 15) is 0 Å². The van der Waals surface area contributed by atoms with Crippen molar-refractivity contribution < 1.29 is 0 Å². The average molecular weight is 355 g/mol. The van der Waals surface area contributed by atoms with E-state index in [-0.39, 0.29) is 0 Å². The lowest BCUT2D eigenvalue weighted by molar-refractivity contribution is 0.133. The number of piperazine rings is 1. The van der Waals surface area contributed by atoms with Crippen LogP contribution < -0.4 is 4.90 Å². The lowest BCUT2D eigenvalue weighted by atomic mass is 9.99. The molecule has 2 aliphatic rings. The standard InChI is InChI=1S/C20H26N4S/c1-15-13-16(2)22-20(21-15)25-19-9-4-3-8-18(19)24-12-11-23-10-6-5-7-17(23)14-24/h3-4,8-9,13,17H,5-7,10-12,14H2,1-2H3. The van der Waals surface area contributed by atoms with Crippen molar-refractivity contribution in [1.29, 1.82) is 0 Å². The van der Waals surface area contributed by atoms with E-state index in [1.54, 1.807) is 11.8 Å². The van der Waals surface area contributed by atoms with Crippen LogP contribution in [0.4, 0.5) is 5.69 Å². The highest BCUT2D eigenvalue weighted by Crippen LogP contribution is 2.35. The van der Waals surface area contributed by atoms with E-state index in [0.717, 1.165) is 35.7 Å². The zero-order valence-corrected chi connectivity index (χ0v) is 15.9. The van der Waals surface area contributed by atoms with Crippen LogP contribution >= 0.6 is 11.8 Å². The number of hydrogen-bond acceptors (Lipinski definition) is 5. The lowest BCUT2D eigenvalue weighted by Crippen LogP contribution is -2.55. The Morgan fingerprint density at radius 2 is 1.80 bits per heavy atom. The molecule has 1 aromatic carbocycles. The average Bonchev–Trinajstić information content (AvgIpc) is 2.61. The number of aryl methyl sites for hydroxylation is 2.